The number of phenolic OH excluding ortho intramolecular Hbond substituents is 9. The fourth-order valence-corrected chi connectivity index (χ4v) is 5.73. The largest absolute Gasteiger partial charge is 0.504 e. The maximum absolute atomic E-state index is 14.0. The van der Waals surface area contributed by atoms with E-state index in [4.69, 9.17) is 14.2 Å². The number of ether oxygens (including phenoxy) is 3. The van der Waals surface area contributed by atoms with Gasteiger partial charge in [-0.3, -0.25) is 0 Å². The second kappa shape index (κ2) is 9.58. The summed E-state index contributed by atoms with van der Waals surface area (Å²) >= 11 is 0. The molecule has 4 aliphatic heterocycles. The lowest BCUT2D eigenvalue weighted by Crippen LogP contribution is -2.54. The van der Waals surface area contributed by atoms with Crippen molar-refractivity contribution in [3.8, 4) is 74.0 Å². The molecular weight excluding hydrogens is 612 g/mol. The van der Waals surface area contributed by atoms with Crippen LogP contribution in [0.3, 0.4) is 0 Å². The van der Waals surface area contributed by atoms with Gasteiger partial charge in [-0.25, -0.2) is 14.4 Å². The quantitative estimate of drug-likeness (QED) is 0.0902. The van der Waals surface area contributed by atoms with Crippen LogP contribution in [0.5, 0.6) is 51.7 Å². The van der Waals surface area contributed by atoms with Gasteiger partial charge in [0.1, 0.15) is 12.2 Å². The molecule has 18 heteroatoms. The lowest BCUT2D eigenvalue weighted by molar-refractivity contribution is -0.152. The van der Waals surface area contributed by atoms with E-state index in [1.54, 1.807) is 0 Å². The van der Waals surface area contributed by atoms with Crippen molar-refractivity contribution >= 4 is 17.9 Å². The van der Waals surface area contributed by atoms with Crippen molar-refractivity contribution in [2.75, 3.05) is 6.61 Å². The van der Waals surface area contributed by atoms with Gasteiger partial charge in [0.2, 0.25) is 17.2 Å². The summed E-state index contributed by atoms with van der Waals surface area (Å²) in [6, 6.07) is 0.462. The van der Waals surface area contributed by atoms with Gasteiger partial charge in [-0.05, 0) is 6.07 Å². The number of carbonyl (C=O) groups excluding carboxylic acids is 3. The molecule has 0 amide bonds. The van der Waals surface area contributed by atoms with Crippen LogP contribution in [0.1, 0.15) is 42.7 Å². The Morgan fingerprint density at radius 2 is 1.02 bits per heavy atom. The van der Waals surface area contributed by atoms with Crippen molar-refractivity contribution < 1.29 is 89.9 Å². The fourth-order valence-electron chi connectivity index (χ4n) is 5.73. The normalized spacial score (nSPS) is 23.4. The van der Waals surface area contributed by atoms with Gasteiger partial charge < -0.3 is 75.5 Å². The summed E-state index contributed by atoms with van der Waals surface area (Å²) < 4.78 is 15.7. The number of benzene rings is 3. The maximum Gasteiger partial charge on any atom is 0.340 e. The molecule has 3 aromatic rings. The van der Waals surface area contributed by atoms with E-state index in [0.717, 1.165) is 0 Å². The van der Waals surface area contributed by atoms with Crippen LogP contribution in [0, 0.1) is 0 Å². The lowest BCUT2D eigenvalue weighted by Gasteiger charge is -2.39. The van der Waals surface area contributed by atoms with Crippen LogP contribution < -0.4 is 0 Å². The second-order valence-electron chi connectivity index (χ2n) is 10.2. The van der Waals surface area contributed by atoms with Crippen molar-refractivity contribution in [2.45, 2.75) is 30.5 Å². The number of esters is 3. The number of carbonyl (C=O) groups is 3. The summed E-state index contributed by atoms with van der Waals surface area (Å²) in [6.07, 6.45) is -11.4. The van der Waals surface area contributed by atoms with E-state index in [9.17, 15) is 75.7 Å². The summed E-state index contributed by atoms with van der Waals surface area (Å²) in [5, 5.41) is 129. The third kappa shape index (κ3) is 3.70. The zero-order valence-electron chi connectivity index (χ0n) is 22.0. The molecule has 12 N–H and O–H groups in total. The standard InChI is InChI=1S/C27H20O18/c28-2-5-14(31)23-24-20(37)12-11(27(42)45-24)9(18(35)22(39)19(12)36)8-10(26(41)44-23)7(16(33)21(38)17(8)34)6-3(25(40)43-5)1-4(29)13(30)15(6)32/h1,5,14,20,23-24,28-39H,2H2/t5-,14+,20+,23+,24+/m0/s1. The van der Waals surface area contributed by atoms with Crippen molar-refractivity contribution in [1.29, 1.82) is 0 Å². The Labute approximate surface area is 247 Å². The molecule has 0 aliphatic carbocycles. The number of aliphatic hydroxyl groups excluding tert-OH is 3. The van der Waals surface area contributed by atoms with Crippen LogP contribution >= 0.6 is 0 Å². The molecule has 4 aliphatic rings. The van der Waals surface area contributed by atoms with Gasteiger partial charge in [0.25, 0.3) is 0 Å². The molecule has 5 atom stereocenters. The molecule has 6 bridgehead atoms. The number of aliphatic hydroxyl groups is 3. The highest BCUT2D eigenvalue weighted by atomic mass is 16.6. The monoisotopic (exact) mass is 632 g/mol. The Morgan fingerprint density at radius 1 is 0.533 bits per heavy atom. The maximum atomic E-state index is 14.0. The average molecular weight is 632 g/mol. The molecule has 0 radical (unpaired) electrons. The molecule has 3 aromatic carbocycles. The third-order valence-electron chi connectivity index (χ3n) is 7.84. The van der Waals surface area contributed by atoms with E-state index < -0.39 is 151 Å². The Kier molecular flexibility index (Phi) is 6.22. The van der Waals surface area contributed by atoms with Gasteiger partial charge in [-0.1, -0.05) is 0 Å². The second-order valence-corrected chi connectivity index (χ2v) is 10.2. The molecule has 18 nitrogen and oxygen atoms in total. The summed E-state index contributed by atoms with van der Waals surface area (Å²) in [6.45, 7) is -1.26. The van der Waals surface area contributed by atoms with Crippen LogP contribution in [0.2, 0.25) is 0 Å². The van der Waals surface area contributed by atoms with E-state index in [1.165, 1.54) is 0 Å². The zero-order valence-corrected chi connectivity index (χ0v) is 22.0. The van der Waals surface area contributed by atoms with Gasteiger partial charge in [-0.15, -0.1) is 0 Å². The Bertz CT molecular complexity index is 1880. The van der Waals surface area contributed by atoms with Crippen molar-refractivity contribution in [3.05, 3.63) is 28.3 Å². The van der Waals surface area contributed by atoms with Crippen LogP contribution in [0.25, 0.3) is 22.3 Å². The van der Waals surface area contributed by atoms with E-state index in [2.05, 4.69) is 0 Å². The van der Waals surface area contributed by atoms with E-state index >= 15 is 0 Å². The smallest absolute Gasteiger partial charge is 0.340 e. The number of rotatable bonds is 1. The van der Waals surface area contributed by atoms with Crippen LogP contribution in [-0.4, -0.2) is 110 Å². The predicted octanol–water partition coefficient (Wildman–Crippen LogP) is -0.625. The molecule has 0 spiro atoms. The van der Waals surface area contributed by atoms with Gasteiger partial charge in [0, 0.05) is 27.8 Å². The Morgan fingerprint density at radius 3 is 1.62 bits per heavy atom. The third-order valence-corrected chi connectivity index (χ3v) is 7.84. The van der Waals surface area contributed by atoms with Gasteiger partial charge in [0.15, 0.2) is 52.8 Å². The number of fused-ring (bicyclic) bond motifs is 3. The molecule has 45 heavy (non-hydrogen) atoms. The molecule has 0 fully saturated rings. The van der Waals surface area contributed by atoms with Gasteiger partial charge >= 0.3 is 17.9 Å². The lowest BCUT2D eigenvalue weighted by atomic mass is 9.80. The molecule has 0 saturated carbocycles. The van der Waals surface area contributed by atoms with E-state index in [1.807, 2.05) is 0 Å². The number of hydrogen-bond donors (Lipinski definition) is 12. The number of cyclic esters (lactones) is 1. The van der Waals surface area contributed by atoms with Crippen LogP contribution in [0.15, 0.2) is 6.07 Å². The molecule has 0 aromatic heterocycles. The summed E-state index contributed by atoms with van der Waals surface area (Å²) in [5.74, 6) is -17.7. The number of hydrogen-bond acceptors (Lipinski definition) is 18. The molecule has 4 heterocycles. The minimum Gasteiger partial charge on any atom is -0.504 e. The Hall–Kier alpha value is -5.85. The molecular formula is C27H20O18. The highest BCUT2D eigenvalue weighted by Gasteiger charge is 2.53. The van der Waals surface area contributed by atoms with Crippen LogP contribution in [-0.2, 0) is 14.2 Å². The number of phenols is 9. The Balaban J connectivity index is 1.94. The molecule has 236 valence electrons. The first-order chi connectivity index (χ1) is 21.1. The van der Waals surface area contributed by atoms with Gasteiger partial charge in [-0.2, -0.15) is 0 Å². The van der Waals surface area contributed by atoms with Crippen molar-refractivity contribution in [1.82, 2.24) is 0 Å². The first kappa shape index (κ1) is 29.2. The minimum atomic E-state index is -2.41. The van der Waals surface area contributed by atoms with Crippen molar-refractivity contribution in [2.24, 2.45) is 0 Å². The van der Waals surface area contributed by atoms with E-state index in [0.29, 0.717) is 6.07 Å². The number of aromatic hydroxyl groups is 9. The minimum absolute atomic E-state index is 0.462. The first-order valence-electron chi connectivity index (χ1n) is 12.6. The van der Waals surface area contributed by atoms with Crippen LogP contribution in [0.4, 0.5) is 0 Å². The first-order valence-corrected chi connectivity index (χ1v) is 12.6. The highest BCUT2D eigenvalue weighted by molar-refractivity contribution is 6.16. The molecule has 0 saturated heterocycles. The zero-order chi connectivity index (χ0) is 33.0. The average Bonchev–Trinajstić information content (AvgIpc) is 3.01. The fraction of sp³-hybridized carbons (Fsp3) is 0.222. The SMILES string of the molecule is O=C1O[C@@H](CO)[C@@H](O)[C@H]2OC(=O)c3c(c(O)c(O)c(O)c3-c3c(O)c(O)c(O)c4c3C(=O)O[C@@H]2[C@@H]4O)-c2c1cc(O)c(O)c2O. The highest BCUT2D eigenvalue weighted by Crippen LogP contribution is 2.61. The molecule has 7 rings (SSSR count). The topological polar surface area (TPSA) is 322 Å². The van der Waals surface area contributed by atoms with Gasteiger partial charge in [0.05, 0.1) is 23.3 Å². The molecule has 0 unspecified atom stereocenters. The van der Waals surface area contributed by atoms with Crippen molar-refractivity contribution in [3.63, 3.8) is 0 Å². The summed E-state index contributed by atoms with van der Waals surface area (Å²) in [7, 11) is 0. The van der Waals surface area contributed by atoms with E-state index in [-0.39, 0.29) is 0 Å². The predicted molar refractivity (Wildman–Crippen MR) is 138 cm³/mol. The summed E-state index contributed by atoms with van der Waals surface area (Å²) in [4.78, 5) is 40.9. The summed E-state index contributed by atoms with van der Waals surface area (Å²) in [5.41, 5.74) is -8.73.